The molecule has 0 spiro atoms. The lowest BCUT2D eigenvalue weighted by atomic mass is 10.1. The quantitative estimate of drug-likeness (QED) is 0.460. The molecule has 1 rings (SSSR count). The van der Waals surface area contributed by atoms with Gasteiger partial charge in [0.1, 0.15) is 0 Å². The Hall–Kier alpha value is -0.340. The summed E-state index contributed by atoms with van der Waals surface area (Å²) in [5, 5.41) is 8.95. The van der Waals surface area contributed by atoms with E-state index in [0.29, 0.717) is 6.61 Å². The number of rotatable bonds is 0. The highest BCUT2D eigenvalue weighted by molar-refractivity contribution is 5.03. The molecule has 0 aromatic rings. The minimum atomic E-state index is -0.413. The number of aliphatic hydroxyl groups is 1. The van der Waals surface area contributed by atoms with Gasteiger partial charge in [0, 0.05) is 0 Å². The smallest absolute Gasteiger partial charge is 0.0981 e. The van der Waals surface area contributed by atoms with Crippen molar-refractivity contribution in [3.63, 3.8) is 0 Å². The van der Waals surface area contributed by atoms with Crippen molar-refractivity contribution < 1.29 is 9.84 Å². The lowest BCUT2D eigenvalue weighted by Crippen LogP contribution is -2.23. The van der Waals surface area contributed by atoms with E-state index in [2.05, 4.69) is 6.58 Å². The van der Waals surface area contributed by atoms with Gasteiger partial charge >= 0.3 is 0 Å². The van der Waals surface area contributed by atoms with Crippen LogP contribution in [-0.4, -0.2) is 24.4 Å². The molecule has 8 heavy (non-hydrogen) atoms. The van der Waals surface area contributed by atoms with Crippen LogP contribution in [0.15, 0.2) is 12.2 Å². The Kier molecular flexibility index (Phi) is 1.65. The molecule has 0 bridgehead atoms. The number of hydrogen-bond donors (Lipinski definition) is 1. The number of hydrogen-bond acceptors (Lipinski definition) is 2. The van der Waals surface area contributed by atoms with E-state index in [9.17, 15) is 0 Å². The van der Waals surface area contributed by atoms with Crippen molar-refractivity contribution in [1.82, 2.24) is 0 Å². The fourth-order valence-corrected chi connectivity index (χ4v) is 0.683. The zero-order valence-electron chi connectivity index (χ0n) is 4.76. The first-order valence-corrected chi connectivity index (χ1v) is 2.74. The molecule has 0 amide bonds. The Morgan fingerprint density at radius 2 is 2.50 bits per heavy atom. The van der Waals surface area contributed by atoms with Crippen LogP contribution in [0.1, 0.15) is 6.42 Å². The topological polar surface area (TPSA) is 29.5 Å². The van der Waals surface area contributed by atoms with Crippen LogP contribution in [0.4, 0.5) is 0 Å². The lowest BCUT2D eigenvalue weighted by molar-refractivity contribution is 0.0280. The van der Waals surface area contributed by atoms with Crippen LogP contribution >= 0.6 is 0 Å². The van der Waals surface area contributed by atoms with Gasteiger partial charge < -0.3 is 9.84 Å². The third-order valence-corrected chi connectivity index (χ3v) is 1.31. The summed E-state index contributed by atoms with van der Waals surface area (Å²) < 4.78 is 4.94. The van der Waals surface area contributed by atoms with Crippen molar-refractivity contribution >= 4 is 0 Å². The molecule has 0 unspecified atom stereocenters. The van der Waals surface area contributed by atoms with Crippen LogP contribution in [0.25, 0.3) is 0 Å². The highest BCUT2D eigenvalue weighted by Gasteiger charge is 2.12. The Labute approximate surface area is 48.8 Å². The maximum absolute atomic E-state index is 8.95. The van der Waals surface area contributed by atoms with Crippen molar-refractivity contribution in [3.05, 3.63) is 12.2 Å². The molecule has 1 heterocycles. The molecular weight excluding hydrogens is 104 g/mol. The van der Waals surface area contributed by atoms with E-state index in [1.807, 2.05) is 0 Å². The second-order valence-electron chi connectivity index (χ2n) is 2.00. The average Bonchev–Trinajstić information content (AvgIpc) is 1.77. The molecule has 1 aliphatic heterocycles. The number of ether oxygens (including phenoxy) is 1. The summed E-state index contributed by atoms with van der Waals surface area (Å²) in [5.41, 5.74) is 0.899. The van der Waals surface area contributed by atoms with Crippen LogP contribution in [0.2, 0.25) is 0 Å². The van der Waals surface area contributed by atoms with Crippen LogP contribution in [0.5, 0.6) is 0 Å². The SMILES string of the molecule is C=C1CCOC[C@H]1O. The molecule has 0 aliphatic carbocycles. The summed E-state index contributed by atoms with van der Waals surface area (Å²) >= 11 is 0. The van der Waals surface area contributed by atoms with Gasteiger partial charge in [-0.15, -0.1) is 0 Å². The van der Waals surface area contributed by atoms with E-state index < -0.39 is 6.10 Å². The molecule has 1 saturated heterocycles. The van der Waals surface area contributed by atoms with Gasteiger partial charge in [-0.1, -0.05) is 6.58 Å². The Balaban J connectivity index is 2.39. The summed E-state index contributed by atoms with van der Waals surface area (Å²) in [6, 6.07) is 0. The monoisotopic (exact) mass is 114 g/mol. The van der Waals surface area contributed by atoms with Crippen LogP contribution in [0, 0.1) is 0 Å². The maximum Gasteiger partial charge on any atom is 0.0981 e. The average molecular weight is 114 g/mol. The molecule has 0 saturated carbocycles. The second kappa shape index (κ2) is 2.29. The normalized spacial score (nSPS) is 30.6. The predicted molar refractivity (Wildman–Crippen MR) is 30.6 cm³/mol. The van der Waals surface area contributed by atoms with Gasteiger partial charge in [0.2, 0.25) is 0 Å². The zero-order chi connectivity index (χ0) is 5.98. The fraction of sp³-hybridized carbons (Fsp3) is 0.667. The van der Waals surface area contributed by atoms with E-state index in [-0.39, 0.29) is 0 Å². The lowest BCUT2D eigenvalue weighted by Gasteiger charge is -2.19. The van der Waals surface area contributed by atoms with E-state index in [4.69, 9.17) is 9.84 Å². The molecule has 0 aromatic heterocycles. The van der Waals surface area contributed by atoms with Crippen LogP contribution in [0.3, 0.4) is 0 Å². The van der Waals surface area contributed by atoms with E-state index >= 15 is 0 Å². The Morgan fingerprint density at radius 1 is 1.75 bits per heavy atom. The first-order chi connectivity index (χ1) is 3.80. The molecular formula is C6H10O2. The first-order valence-electron chi connectivity index (χ1n) is 2.74. The van der Waals surface area contributed by atoms with Crippen molar-refractivity contribution in [1.29, 1.82) is 0 Å². The summed E-state index contributed by atoms with van der Waals surface area (Å²) in [4.78, 5) is 0. The van der Waals surface area contributed by atoms with E-state index in [1.165, 1.54) is 0 Å². The number of aliphatic hydroxyl groups excluding tert-OH is 1. The summed E-state index contributed by atoms with van der Waals surface area (Å²) in [6.07, 6.45) is 0.394. The van der Waals surface area contributed by atoms with Gasteiger partial charge in [-0.25, -0.2) is 0 Å². The van der Waals surface area contributed by atoms with Crippen molar-refractivity contribution in [3.8, 4) is 0 Å². The Bertz CT molecular complexity index is 98.7. The first kappa shape index (κ1) is 5.79. The standard InChI is InChI=1S/C6H10O2/c1-5-2-3-8-4-6(5)7/h6-7H,1-4H2/t6-/m1/s1. The molecule has 1 atom stereocenters. The van der Waals surface area contributed by atoms with Gasteiger partial charge in [0.25, 0.3) is 0 Å². The Morgan fingerprint density at radius 3 is 2.88 bits per heavy atom. The maximum atomic E-state index is 8.95. The van der Waals surface area contributed by atoms with Gasteiger partial charge in [-0.2, -0.15) is 0 Å². The highest BCUT2D eigenvalue weighted by atomic mass is 16.5. The van der Waals surface area contributed by atoms with E-state index in [1.54, 1.807) is 0 Å². The summed E-state index contributed by atoms with van der Waals surface area (Å²) in [7, 11) is 0. The highest BCUT2D eigenvalue weighted by Crippen LogP contribution is 2.10. The third kappa shape index (κ3) is 1.08. The van der Waals surface area contributed by atoms with Crippen molar-refractivity contribution in [2.45, 2.75) is 12.5 Å². The molecule has 46 valence electrons. The van der Waals surface area contributed by atoms with Gasteiger partial charge in [-0.3, -0.25) is 0 Å². The molecule has 1 fully saturated rings. The van der Waals surface area contributed by atoms with Crippen LogP contribution in [-0.2, 0) is 4.74 Å². The molecule has 2 heteroatoms. The minimum absolute atomic E-state index is 0.413. The third-order valence-electron chi connectivity index (χ3n) is 1.31. The molecule has 0 aromatic carbocycles. The summed E-state index contributed by atoms with van der Waals surface area (Å²) in [5.74, 6) is 0. The van der Waals surface area contributed by atoms with Gasteiger partial charge in [0.05, 0.1) is 19.3 Å². The van der Waals surface area contributed by atoms with Crippen molar-refractivity contribution in [2.24, 2.45) is 0 Å². The van der Waals surface area contributed by atoms with Crippen molar-refractivity contribution in [2.75, 3.05) is 13.2 Å². The zero-order valence-corrected chi connectivity index (χ0v) is 4.76. The molecule has 1 aliphatic rings. The predicted octanol–water partition coefficient (Wildman–Crippen LogP) is 0.324. The molecule has 2 nitrogen and oxygen atoms in total. The second-order valence-corrected chi connectivity index (χ2v) is 2.00. The van der Waals surface area contributed by atoms with Gasteiger partial charge in [-0.05, 0) is 12.0 Å². The van der Waals surface area contributed by atoms with Crippen LogP contribution < -0.4 is 0 Å². The van der Waals surface area contributed by atoms with Gasteiger partial charge in [0.15, 0.2) is 0 Å². The summed E-state index contributed by atoms with van der Waals surface area (Å²) in [6.45, 7) is 4.81. The van der Waals surface area contributed by atoms with E-state index in [0.717, 1.165) is 18.6 Å². The molecule has 0 radical (unpaired) electrons. The molecule has 1 N–H and O–H groups in total. The minimum Gasteiger partial charge on any atom is -0.386 e. The largest absolute Gasteiger partial charge is 0.386 e. The fourth-order valence-electron chi connectivity index (χ4n) is 0.683.